The number of benzene rings is 2. The van der Waals surface area contributed by atoms with Crippen LogP contribution in [0.4, 0.5) is 24.5 Å². The molecule has 0 aliphatic heterocycles. The summed E-state index contributed by atoms with van der Waals surface area (Å²) in [4.78, 5) is 24.4. The van der Waals surface area contributed by atoms with Gasteiger partial charge in [0.1, 0.15) is 5.75 Å². The van der Waals surface area contributed by atoms with Crippen molar-refractivity contribution in [2.45, 2.75) is 32.5 Å². The Morgan fingerprint density at radius 1 is 1.00 bits per heavy atom. The minimum atomic E-state index is -4.50. The predicted molar refractivity (Wildman–Crippen MR) is 117 cm³/mol. The summed E-state index contributed by atoms with van der Waals surface area (Å²) >= 11 is 0. The lowest BCUT2D eigenvalue weighted by Gasteiger charge is -2.18. The minimum Gasteiger partial charge on any atom is -0.484 e. The van der Waals surface area contributed by atoms with E-state index in [-0.39, 0.29) is 17.1 Å². The smallest absolute Gasteiger partial charge is 0.416 e. The van der Waals surface area contributed by atoms with Crippen LogP contribution >= 0.6 is 0 Å². The number of hydrogen-bond acceptors (Lipinski definition) is 4. The van der Waals surface area contributed by atoms with Gasteiger partial charge in [-0.15, -0.1) is 0 Å². The zero-order chi connectivity index (χ0) is 24.2. The highest BCUT2D eigenvalue weighted by atomic mass is 19.4. The van der Waals surface area contributed by atoms with Gasteiger partial charge >= 0.3 is 6.18 Å². The Labute approximate surface area is 188 Å². The average Bonchev–Trinajstić information content (AvgIpc) is 3.21. The van der Waals surface area contributed by atoms with E-state index >= 15 is 0 Å². The standard InChI is InChI=1S/C23H23F3N4O3/c1-22(2,3)30-13-18(12-27-30)29-21(32)15-7-9-19(10-8-15)33-14-20(31)28-17-6-4-5-16(11-17)23(24,25)26/h4-13H,14H2,1-3H3,(H,28,31)(H,29,32). The van der Waals surface area contributed by atoms with E-state index in [0.29, 0.717) is 17.0 Å². The molecule has 1 aromatic heterocycles. The zero-order valence-corrected chi connectivity index (χ0v) is 18.2. The fourth-order valence-corrected chi connectivity index (χ4v) is 2.78. The minimum absolute atomic E-state index is 0.0141. The molecule has 2 N–H and O–H groups in total. The number of ether oxygens (including phenoxy) is 1. The maximum Gasteiger partial charge on any atom is 0.416 e. The summed E-state index contributed by atoms with van der Waals surface area (Å²) in [6.45, 7) is 5.56. The second kappa shape index (κ2) is 9.35. The molecule has 2 amide bonds. The topological polar surface area (TPSA) is 85.2 Å². The highest BCUT2D eigenvalue weighted by molar-refractivity contribution is 6.04. The van der Waals surface area contributed by atoms with Gasteiger partial charge in [-0.05, 0) is 63.2 Å². The van der Waals surface area contributed by atoms with Crippen LogP contribution in [0.2, 0.25) is 0 Å². The van der Waals surface area contributed by atoms with Crippen LogP contribution in [0.15, 0.2) is 60.9 Å². The van der Waals surface area contributed by atoms with Crippen LogP contribution in [-0.4, -0.2) is 28.2 Å². The first-order chi connectivity index (χ1) is 15.4. The van der Waals surface area contributed by atoms with Crippen LogP contribution in [0.1, 0.15) is 36.7 Å². The van der Waals surface area contributed by atoms with Crippen molar-refractivity contribution >= 4 is 23.2 Å². The third-order valence-electron chi connectivity index (χ3n) is 4.49. The molecule has 2 aromatic carbocycles. The maximum absolute atomic E-state index is 12.8. The zero-order valence-electron chi connectivity index (χ0n) is 18.2. The maximum atomic E-state index is 12.8. The van der Waals surface area contributed by atoms with Gasteiger partial charge in [-0.25, -0.2) is 0 Å². The second-order valence-corrected chi connectivity index (χ2v) is 8.24. The normalized spacial score (nSPS) is 11.7. The number of amides is 2. The average molecular weight is 460 g/mol. The molecule has 10 heteroatoms. The van der Waals surface area contributed by atoms with Crippen molar-refractivity contribution in [2.75, 3.05) is 17.2 Å². The Morgan fingerprint density at radius 3 is 2.30 bits per heavy atom. The molecule has 0 saturated carbocycles. The Hall–Kier alpha value is -3.82. The van der Waals surface area contributed by atoms with E-state index in [1.54, 1.807) is 17.1 Å². The molecule has 0 fully saturated rings. The number of aromatic nitrogens is 2. The van der Waals surface area contributed by atoms with Crippen LogP contribution in [0.3, 0.4) is 0 Å². The number of anilines is 2. The van der Waals surface area contributed by atoms with Crippen molar-refractivity contribution in [1.82, 2.24) is 9.78 Å². The molecule has 0 aliphatic carbocycles. The first-order valence-corrected chi connectivity index (χ1v) is 9.98. The van der Waals surface area contributed by atoms with E-state index in [1.165, 1.54) is 36.4 Å². The van der Waals surface area contributed by atoms with Gasteiger partial charge in [0.05, 0.1) is 23.0 Å². The van der Waals surface area contributed by atoms with Crippen LogP contribution in [0, 0.1) is 0 Å². The number of nitrogens with one attached hydrogen (secondary N) is 2. The van der Waals surface area contributed by atoms with Crippen LogP contribution in [-0.2, 0) is 16.5 Å². The van der Waals surface area contributed by atoms with Crippen molar-refractivity contribution in [1.29, 1.82) is 0 Å². The summed E-state index contributed by atoms with van der Waals surface area (Å²) in [5.41, 5.74) is -0.128. The van der Waals surface area contributed by atoms with E-state index < -0.39 is 24.3 Å². The first-order valence-electron chi connectivity index (χ1n) is 9.98. The number of hydrogen-bond donors (Lipinski definition) is 2. The molecule has 3 rings (SSSR count). The second-order valence-electron chi connectivity index (χ2n) is 8.24. The molecule has 3 aromatic rings. The number of rotatable bonds is 6. The van der Waals surface area contributed by atoms with Gasteiger partial charge in [0.15, 0.2) is 6.61 Å². The fourth-order valence-electron chi connectivity index (χ4n) is 2.78. The predicted octanol–water partition coefficient (Wildman–Crippen LogP) is 4.93. The fraction of sp³-hybridized carbons (Fsp3) is 0.261. The van der Waals surface area contributed by atoms with Gasteiger partial charge in [-0.1, -0.05) is 6.07 Å². The van der Waals surface area contributed by atoms with Gasteiger partial charge in [0.2, 0.25) is 0 Å². The molecule has 0 bridgehead atoms. The Morgan fingerprint density at radius 2 is 1.70 bits per heavy atom. The molecule has 0 saturated heterocycles. The molecular weight excluding hydrogens is 437 g/mol. The summed E-state index contributed by atoms with van der Waals surface area (Å²) in [6, 6.07) is 10.4. The highest BCUT2D eigenvalue weighted by Crippen LogP contribution is 2.30. The van der Waals surface area contributed by atoms with Crippen molar-refractivity contribution in [2.24, 2.45) is 0 Å². The molecule has 0 spiro atoms. The summed E-state index contributed by atoms with van der Waals surface area (Å²) in [6.07, 6.45) is -1.21. The quantitative estimate of drug-likeness (QED) is 0.547. The van der Waals surface area contributed by atoms with Crippen LogP contribution in [0.5, 0.6) is 5.75 Å². The SMILES string of the molecule is CC(C)(C)n1cc(NC(=O)c2ccc(OCC(=O)Nc3cccc(C(F)(F)F)c3)cc2)cn1. The van der Waals surface area contributed by atoms with Gasteiger partial charge in [-0.3, -0.25) is 14.3 Å². The third kappa shape index (κ3) is 6.58. The number of carbonyl (C=O) groups excluding carboxylic acids is 2. The number of carbonyl (C=O) groups is 2. The summed E-state index contributed by atoms with van der Waals surface area (Å²) in [7, 11) is 0. The van der Waals surface area contributed by atoms with E-state index in [9.17, 15) is 22.8 Å². The summed E-state index contributed by atoms with van der Waals surface area (Å²) < 4.78 is 45.4. The lowest BCUT2D eigenvalue weighted by molar-refractivity contribution is -0.137. The van der Waals surface area contributed by atoms with Crippen LogP contribution < -0.4 is 15.4 Å². The monoisotopic (exact) mass is 460 g/mol. The molecule has 0 atom stereocenters. The third-order valence-corrected chi connectivity index (χ3v) is 4.49. The van der Waals surface area contributed by atoms with Gasteiger partial charge in [0.25, 0.3) is 11.8 Å². The van der Waals surface area contributed by atoms with Gasteiger partial charge in [-0.2, -0.15) is 18.3 Å². The van der Waals surface area contributed by atoms with E-state index in [2.05, 4.69) is 15.7 Å². The van der Waals surface area contributed by atoms with Crippen LogP contribution in [0.25, 0.3) is 0 Å². The highest BCUT2D eigenvalue weighted by Gasteiger charge is 2.30. The molecule has 174 valence electrons. The first kappa shape index (κ1) is 23.8. The molecular formula is C23H23F3N4O3. The lowest BCUT2D eigenvalue weighted by Crippen LogP contribution is -2.22. The molecule has 33 heavy (non-hydrogen) atoms. The Balaban J connectivity index is 1.52. The van der Waals surface area contributed by atoms with Crippen molar-refractivity contribution < 1.29 is 27.5 Å². The van der Waals surface area contributed by atoms with E-state index in [0.717, 1.165) is 12.1 Å². The molecule has 0 radical (unpaired) electrons. The number of alkyl halides is 3. The van der Waals surface area contributed by atoms with E-state index in [4.69, 9.17) is 4.74 Å². The molecule has 7 nitrogen and oxygen atoms in total. The molecule has 1 heterocycles. The summed E-state index contributed by atoms with van der Waals surface area (Å²) in [5.74, 6) is -0.629. The van der Waals surface area contributed by atoms with Crippen molar-refractivity contribution in [3.05, 3.63) is 72.1 Å². The largest absolute Gasteiger partial charge is 0.484 e. The Bertz CT molecular complexity index is 1130. The number of halogens is 3. The van der Waals surface area contributed by atoms with Crippen molar-refractivity contribution in [3.8, 4) is 5.75 Å². The molecule has 0 unspecified atom stereocenters. The number of nitrogens with zero attached hydrogens (tertiary/aromatic N) is 2. The molecule has 0 aliphatic rings. The Kier molecular flexibility index (Phi) is 6.75. The van der Waals surface area contributed by atoms with Crippen molar-refractivity contribution in [3.63, 3.8) is 0 Å². The summed E-state index contributed by atoms with van der Waals surface area (Å²) in [5, 5.41) is 9.34. The lowest BCUT2D eigenvalue weighted by atomic mass is 10.1. The van der Waals surface area contributed by atoms with Gasteiger partial charge in [0, 0.05) is 17.4 Å². The van der Waals surface area contributed by atoms with Gasteiger partial charge < -0.3 is 15.4 Å². The van der Waals surface area contributed by atoms with E-state index in [1.807, 2.05) is 20.8 Å².